The summed E-state index contributed by atoms with van der Waals surface area (Å²) in [6, 6.07) is 5.50. The molecule has 3 N–H and O–H groups in total. The number of ether oxygens (including phenoxy) is 1. The molecule has 0 spiro atoms. The second-order valence-electron chi connectivity index (χ2n) is 4.43. The van der Waals surface area contributed by atoms with Gasteiger partial charge in [0.15, 0.2) is 0 Å². The van der Waals surface area contributed by atoms with Crippen LogP contribution in [0.3, 0.4) is 0 Å². The Morgan fingerprint density at radius 1 is 1.35 bits per heavy atom. The normalized spacial score (nSPS) is 24.6. The maximum absolute atomic E-state index is 9.87. The van der Waals surface area contributed by atoms with Gasteiger partial charge >= 0.3 is 0 Å². The molecule has 0 radical (unpaired) electrons. The van der Waals surface area contributed by atoms with Gasteiger partial charge in [0.25, 0.3) is 0 Å². The third-order valence-electron chi connectivity index (χ3n) is 3.23. The summed E-state index contributed by atoms with van der Waals surface area (Å²) in [6.07, 6.45) is 3.35. The van der Waals surface area contributed by atoms with Gasteiger partial charge in [-0.3, -0.25) is 0 Å². The molecule has 0 bridgehead atoms. The Labute approximate surface area is 107 Å². The molecule has 0 amide bonds. The number of hydrogen-bond donors (Lipinski definition) is 2. The highest BCUT2D eigenvalue weighted by Crippen LogP contribution is 2.30. The van der Waals surface area contributed by atoms with Crippen molar-refractivity contribution in [2.24, 2.45) is 5.73 Å². The van der Waals surface area contributed by atoms with E-state index >= 15 is 0 Å². The third kappa shape index (κ3) is 2.92. The average molecular weight is 256 g/mol. The van der Waals surface area contributed by atoms with Crippen LogP contribution in [0.25, 0.3) is 0 Å². The topological polar surface area (TPSA) is 55.5 Å². The van der Waals surface area contributed by atoms with E-state index < -0.39 is 0 Å². The van der Waals surface area contributed by atoms with E-state index in [0.717, 1.165) is 31.2 Å². The maximum atomic E-state index is 9.87. The standard InChI is InChI=1S/C13H18ClNO2/c14-10-4-3-7-12(9(10)8-15)17-13-6-2-1-5-11(13)16/h3-4,7,11,13,16H,1-2,5-6,8,15H2. The summed E-state index contributed by atoms with van der Waals surface area (Å²) in [5, 5.41) is 10.5. The number of aliphatic hydroxyl groups excluding tert-OH is 1. The summed E-state index contributed by atoms with van der Waals surface area (Å²) >= 11 is 6.06. The first-order chi connectivity index (χ1) is 8.22. The number of benzene rings is 1. The van der Waals surface area contributed by atoms with E-state index in [9.17, 15) is 5.11 Å². The molecule has 1 saturated carbocycles. The van der Waals surface area contributed by atoms with Crippen LogP contribution in [0.1, 0.15) is 31.2 Å². The van der Waals surface area contributed by atoms with Crippen LogP contribution in [0, 0.1) is 0 Å². The zero-order valence-electron chi connectivity index (χ0n) is 9.73. The highest BCUT2D eigenvalue weighted by atomic mass is 35.5. The van der Waals surface area contributed by atoms with Crippen LogP contribution in [-0.2, 0) is 6.54 Å². The molecule has 94 valence electrons. The van der Waals surface area contributed by atoms with Crippen molar-refractivity contribution in [3.05, 3.63) is 28.8 Å². The zero-order chi connectivity index (χ0) is 12.3. The van der Waals surface area contributed by atoms with E-state index in [1.165, 1.54) is 0 Å². The van der Waals surface area contributed by atoms with Crippen LogP contribution in [0.5, 0.6) is 5.75 Å². The number of nitrogens with two attached hydrogens (primary N) is 1. The van der Waals surface area contributed by atoms with E-state index in [4.69, 9.17) is 22.1 Å². The molecular formula is C13H18ClNO2. The Morgan fingerprint density at radius 2 is 2.12 bits per heavy atom. The predicted octanol–water partition coefficient (Wildman–Crippen LogP) is 2.48. The molecule has 1 aromatic carbocycles. The predicted molar refractivity (Wildman–Crippen MR) is 68.2 cm³/mol. The van der Waals surface area contributed by atoms with E-state index in [-0.39, 0.29) is 12.2 Å². The molecule has 3 nitrogen and oxygen atoms in total. The van der Waals surface area contributed by atoms with Gasteiger partial charge in [0.1, 0.15) is 11.9 Å². The Morgan fingerprint density at radius 3 is 2.82 bits per heavy atom. The number of aliphatic hydroxyl groups is 1. The van der Waals surface area contributed by atoms with Crippen molar-refractivity contribution in [2.45, 2.75) is 44.4 Å². The molecule has 0 aliphatic heterocycles. The molecule has 2 rings (SSSR count). The van der Waals surface area contributed by atoms with Crippen LogP contribution in [0.2, 0.25) is 5.02 Å². The fraction of sp³-hybridized carbons (Fsp3) is 0.538. The zero-order valence-corrected chi connectivity index (χ0v) is 10.5. The van der Waals surface area contributed by atoms with Gasteiger partial charge in [-0.15, -0.1) is 0 Å². The Bertz CT molecular complexity index is 384. The van der Waals surface area contributed by atoms with Crippen LogP contribution < -0.4 is 10.5 Å². The quantitative estimate of drug-likeness (QED) is 0.873. The Hall–Kier alpha value is -0.770. The average Bonchev–Trinajstić information content (AvgIpc) is 2.32. The summed E-state index contributed by atoms with van der Waals surface area (Å²) in [5.41, 5.74) is 6.48. The molecule has 2 atom stereocenters. The van der Waals surface area contributed by atoms with Crippen molar-refractivity contribution in [1.82, 2.24) is 0 Å². The lowest BCUT2D eigenvalue weighted by molar-refractivity contribution is 0.00642. The molecule has 0 aromatic heterocycles. The third-order valence-corrected chi connectivity index (χ3v) is 3.58. The highest BCUT2D eigenvalue weighted by Gasteiger charge is 2.25. The lowest BCUT2D eigenvalue weighted by Crippen LogP contribution is -2.34. The first-order valence-electron chi connectivity index (χ1n) is 6.04. The van der Waals surface area contributed by atoms with Gasteiger partial charge in [-0.1, -0.05) is 24.1 Å². The number of rotatable bonds is 3. The summed E-state index contributed by atoms with van der Waals surface area (Å²) in [5.74, 6) is 0.700. The minimum absolute atomic E-state index is 0.132. The Kier molecular flexibility index (Phi) is 4.26. The van der Waals surface area contributed by atoms with Crippen LogP contribution in [0.15, 0.2) is 18.2 Å². The monoisotopic (exact) mass is 255 g/mol. The summed E-state index contributed by atoms with van der Waals surface area (Å²) in [7, 11) is 0. The number of hydrogen-bond acceptors (Lipinski definition) is 3. The molecule has 4 heteroatoms. The van der Waals surface area contributed by atoms with E-state index in [0.29, 0.717) is 17.3 Å². The summed E-state index contributed by atoms with van der Waals surface area (Å²) in [4.78, 5) is 0. The van der Waals surface area contributed by atoms with Gasteiger partial charge in [-0.2, -0.15) is 0 Å². The lowest BCUT2D eigenvalue weighted by atomic mass is 9.95. The van der Waals surface area contributed by atoms with E-state index in [1.807, 2.05) is 12.1 Å². The molecule has 0 heterocycles. The van der Waals surface area contributed by atoms with Crippen molar-refractivity contribution < 1.29 is 9.84 Å². The molecule has 17 heavy (non-hydrogen) atoms. The van der Waals surface area contributed by atoms with Crippen LogP contribution >= 0.6 is 11.6 Å². The molecule has 1 fully saturated rings. The minimum atomic E-state index is -0.381. The fourth-order valence-corrected chi connectivity index (χ4v) is 2.47. The van der Waals surface area contributed by atoms with Crippen molar-refractivity contribution in [2.75, 3.05) is 0 Å². The fourth-order valence-electron chi connectivity index (χ4n) is 2.23. The van der Waals surface area contributed by atoms with E-state index in [2.05, 4.69) is 0 Å². The van der Waals surface area contributed by atoms with Gasteiger partial charge in [-0.25, -0.2) is 0 Å². The van der Waals surface area contributed by atoms with Gasteiger partial charge in [0.05, 0.1) is 6.10 Å². The van der Waals surface area contributed by atoms with Crippen molar-refractivity contribution in [3.63, 3.8) is 0 Å². The molecular weight excluding hydrogens is 238 g/mol. The van der Waals surface area contributed by atoms with Crippen LogP contribution in [-0.4, -0.2) is 17.3 Å². The molecule has 1 aliphatic carbocycles. The van der Waals surface area contributed by atoms with Gasteiger partial charge in [-0.05, 0) is 31.4 Å². The smallest absolute Gasteiger partial charge is 0.125 e. The van der Waals surface area contributed by atoms with Gasteiger partial charge in [0.2, 0.25) is 0 Å². The van der Waals surface area contributed by atoms with Crippen molar-refractivity contribution in [1.29, 1.82) is 0 Å². The lowest BCUT2D eigenvalue weighted by Gasteiger charge is -2.29. The van der Waals surface area contributed by atoms with Gasteiger partial charge in [0, 0.05) is 17.1 Å². The van der Waals surface area contributed by atoms with Gasteiger partial charge < -0.3 is 15.6 Å². The molecule has 1 aromatic rings. The molecule has 0 saturated heterocycles. The van der Waals surface area contributed by atoms with E-state index in [1.54, 1.807) is 6.07 Å². The minimum Gasteiger partial charge on any atom is -0.487 e. The molecule has 2 unspecified atom stereocenters. The highest BCUT2D eigenvalue weighted by molar-refractivity contribution is 6.31. The summed E-state index contributed by atoms with van der Waals surface area (Å²) < 4.78 is 5.86. The summed E-state index contributed by atoms with van der Waals surface area (Å²) in [6.45, 7) is 0.345. The van der Waals surface area contributed by atoms with Crippen molar-refractivity contribution >= 4 is 11.6 Å². The second kappa shape index (κ2) is 5.71. The van der Waals surface area contributed by atoms with Crippen molar-refractivity contribution in [3.8, 4) is 5.75 Å². The largest absolute Gasteiger partial charge is 0.487 e. The first-order valence-corrected chi connectivity index (χ1v) is 6.42. The Balaban J connectivity index is 2.14. The van der Waals surface area contributed by atoms with Crippen LogP contribution in [0.4, 0.5) is 0 Å². The second-order valence-corrected chi connectivity index (χ2v) is 4.84. The maximum Gasteiger partial charge on any atom is 0.125 e. The molecule has 1 aliphatic rings. The first kappa shape index (κ1) is 12.7. The number of halogens is 1. The SMILES string of the molecule is NCc1c(Cl)cccc1OC1CCCCC1O.